The van der Waals surface area contributed by atoms with Crippen LogP contribution in [0, 0.1) is 34.5 Å². The summed E-state index contributed by atoms with van der Waals surface area (Å²) < 4.78 is 0. The van der Waals surface area contributed by atoms with Crippen molar-refractivity contribution in [2.45, 2.75) is 64.5 Å². The summed E-state index contributed by atoms with van der Waals surface area (Å²) in [6.45, 7) is 4.58. The van der Waals surface area contributed by atoms with Crippen LogP contribution in [-0.2, 0) is 4.79 Å². The quantitative estimate of drug-likeness (QED) is 0.676. The average molecular weight is 303 g/mol. The van der Waals surface area contributed by atoms with E-state index in [4.69, 9.17) is 5.73 Å². The van der Waals surface area contributed by atoms with E-state index in [-0.39, 0.29) is 28.9 Å². The van der Waals surface area contributed by atoms with Gasteiger partial charge in [-0.15, -0.1) is 0 Å². The van der Waals surface area contributed by atoms with Gasteiger partial charge in [0.25, 0.3) is 0 Å². The fraction of sp³-hybridized carbons (Fsp3) is 0.842. The molecule has 3 nitrogen and oxygen atoms in total. The van der Waals surface area contributed by atoms with E-state index >= 15 is 0 Å². The Bertz CT molecular complexity index is 530. The third-order valence-corrected chi connectivity index (χ3v) is 7.98. The topological polar surface area (TPSA) is 63.3 Å². The molecule has 3 saturated carbocycles. The van der Waals surface area contributed by atoms with Gasteiger partial charge in [0, 0.05) is 18.4 Å². The van der Waals surface area contributed by atoms with Crippen molar-refractivity contribution in [1.82, 2.24) is 0 Å². The van der Waals surface area contributed by atoms with E-state index < -0.39 is 0 Å². The van der Waals surface area contributed by atoms with Crippen LogP contribution in [0.4, 0.5) is 0 Å². The highest BCUT2D eigenvalue weighted by atomic mass is 16.3. The minimum atomic E-state index is -0.216. The number of fused-ring (bicyclic) bond motifs is 5. The molecule has 0 aromatic carbocycles. The molecule has 3 heteroatoms. The van der Waals surface area contributed by atoms with Crippen LogP contribution < -0.4 is 5.73 Å². The zero-order chi connectivity index (χ0) is 15.7. The van der Waals surface area contributed by atoms with Gasteiger partial charge in [0.15, 0.2) is 0 Å². The molecule has 4 rings (SSSR count). The first-order chi connectivity index (χ1) is 10.4. The van der Waals surface area contributed by atoms with Gasteiger partial charge in [-0.25, -0.2) is 0 Å². The third-order valence-electron chi connectivity index (χ3n) is 7.98. The summed E-state index contributed by atoms with van der Waals surface area (Å²) in [6.07, 6.45) is 9.97. The Morgan fingerprint density at radius 1 is 1.23 bits per heavy atom. The Hall–Kier alpha value is -0.670. The molecule has 3 N–H and O–H groups in total. The molecule has 4 aliphatic rings. The number of aliphatic hydroxyl groups is 1. The summed E-state index contributed by atoms with van der Waals surface area (Å²) in [5.74, 6) is 1.87. The van der Waals surface area contributed by atoms with Crippen LogP contribution in [0.2, 0.25) is 0 Å². The normalized spacial score (nSPS) is 57.2. The number of allylic oxidation sites excluding steroid dienone is 1. The second-order valence-electron chi connectivity index (χ2n) is 8.87. The molecule has 0 heterocycles. The standard InChI is InChI=1S/C19H29NO2/c1-18-7-5-12(20)9-11(18)10-15(21)17-13-3-4-16(22)19(13,2)8-6-14(17)18/h5,7,11-14,16-17,22H,3-4,6,8-10,20H2,1-2H3/t11?,12?,13-,14+,16?,17?,18-,19-/m0/s1. The van der Waals surface area contributed by atoms with Crippen LogP contribution in [0.1, 0.15) is 52.4 Å². The monoisotopic (exact) mass is 303 g/mol. The number of Topliss-reactive ketones (excluding diaryl/α,β-unsaturated/α-hetero) is 1. The van der Waals surface area contributed by atoms with Crippen molar-refractivity contribution in [2.75, 3.05) is 0 Å². The van der Waals surface area contributed by atoms with Crippen LogP contribution in [0.25, 0.3) is 0 Å². The smallest absolute Gasteiger partial charge is 0.136 e. The average Bonchev–Trinajstić information content (AvgIpc) is 2.77. The van der Waals surface area contributed by atoms with Crippen molar-refractivity contribution in [2.24, 2.45) is 40.2 Å². The number of ketones is 1. The summed E-state index contributed by atoms with van der Waals surface area (Å²) in [7, 11) is 0. The molecule has 3 fully saturated rings. The van der Waals surface area contributed by atoms with E-state index in [1.54, 1.807) is 0 Å². The first-order valence-corrected chi connectivity index (χ1v) is 9.02. The molecular formula is C19H29NO2. The van der Waals surface area contributed by atoms with Crippen molar-refractivity contribution < 1.29 is 9.90 Å². The summed E-state index contributed by atoms with van der Waals surface area (Å²) >= 11 is 0. The van der Waals surface area contributed by atoms with Gasteiger partial charge in [-0.05, 0) is 60.7 Å². The Balaban J connectivity index is 1.73. The maximum Gasteiger partial charge on any atom is 0.136 e. The highest BCUT2D eigenvalue weighted by Gasteiger charge is 2.61. The van der Waals surface area contributed by atoms with Gasteiger partial charge < -0.3 is 10.8 Å². The number of nitrogens with two attached hydrogens (primary N) is 1. The van der Waals surface area contributed by atoms with Crippen LogP contribution in [0.3, 0.4) is 0 Å². The number of hydrogen-bond donors (Lipinski definition) is 2. The predicted octanol–water partition coefficient (Wildman–Crippen LogP) is 2.67. The van der Waals surface area contributed by atoms with Gasteiger partial charge in [-0.1, -0.05) is 26.0 Å². The summed E-state index contributed by atoms with van der Waals surface area (Å²) in [6, 6.07) is 0.115. The Morgan fingerprint density at radius 2 is 2.00 bits per heavy atom. The van der Waals surface area contributed by atoms with Crippen LogP contribution in [-0.4, -0.2) is 23.0 Å². The SMILES string of the molecule is C[C@]12C=CC(N)CC1CC(=O)C1[C@H]2CC[C@]2(C)C(O)CC[C@@H]12. The molecule has 122 valence electrons. The Kier molecular flexibility index (Phi) is 3.16. The molecule has 0 amide bonds. The second-order valence-corrected chi connectivity index (χ2v) is 8.87. The molecule has 0 aliphatic heterocycles. The molecule has 22 heavy (non-hydrogen) atoms. The zero-order valence-corrected chi connectivity index (χ0v) is 13.8. The molecule has 8 atom stereocenters. The number of aliphatic hydroxyl groups excluding tert-OH is 1. The molecule has 0 radical (unpaired) electrons. The largest absolute Gasteiger partial charge is 0.393 e. The zero-order valence-electron chi connectivity index (χ0n) is 13.8. The predicted molar refractivity (Wildman–Crippen MR) is 86.0 cm³/mol. The van der Waals surface area contributed by atoms with Gasteiger partial charge in [0.2, 0.25) is 0 Å². The van der Waals surface area contributed by atoms with Crippen molar-refractivity contribution in [3.8, 4) is 0 Å². The molecule has 4 unspecified atom stereocenters. The van der Waals surface area contributed by atoms with Crippen molar-refractivity contribution in [3.05, 3.63) is 12.2 Å². The lowest BCUT2D eigenvalue weighted by Gasteiger charge is -2.58. The molecule has 0 saturated heterocycles. The molecule has 4 aliphatic carbocycles. The molecule has 0 aromatic rings. The lowest BCUT2D eigenvalue weighted by molar-refractivity contribution is -0.150. The summed E-state index contributed by atoms with van der Waals surface area (Å²) in [5, 5.41) is 10.4. The number of carbonyl (C=O) groups excluding carboxylic acids is 1. The maximum atomic E-state index is 13.0. The van der Waals surface area contributed by atoms with Crippen molar-refractivity contribution in [1.29, 1.82) is 0 Å². The minimum Gasteiger partial charge on any atom is -0.393 e. The first kappa shape index (κ1) is 14.9. The van der Waals surface area contributed by atoms with Crippen molar-refractivity contribution >= 4 is 5.78 Å². The molecule has 0 bridgehead atoms. The van der Waals surface area contributed by atoms with Crippen LogP contribution in [0.5, 0.6) is 0 Å². The lowest BCUT2D eigenvalue weighted by atomic mass is 9.46. The van der Waals surface area contributed by atoms with E-state index in [9.17, 15) is 9.90 Å². The Morgan fingerprint density at radius 3 is 2.77 bits per heavy atom. The third kappa shape index (κ3) is 1.78. The van der Waals surface area contributed by atoms with Gasteiger partial charge >= 0.3 is 0 Å². The fourth-order valence-corrected chi connectivity index (χ4v) is 6.50. The van der Waals surface area contributed by atoms with E-state index in [1.165, 1.54) is 0 Å². The summed E-state index contributed by atoms with van der Waals surface area (Å²) in [4.78, 5) is 13.0. The van der Waals surface area contributed by atoms with Crippen molar-refractivity contribution in [3.63, 3.8) is 0 Å². The van der Waals surface area contributed by atoms with Gasteiger partial charge in [-0.2, -0.15) is 0 Å². The number of carbonyl (C=O) groups is 1. The second kappa shape index (κ2) is 4.67. The van der Waals surface area contributed by atoms with E-state index in [0.717, 1.165) is 32.1 Å². The molecule has 0 spiro atoms. The lowest BCUT2D eigenvalue weighted by Crippen LogP contribution is -2.56. The number of hydrogen-bond acceptors (Lipinski definition) is 3. The molecular weight excluding hydrogens is 274 g/mol. The highest BCUT2D eigenvalue weighted by Crippen LogP contribution is 2.64. The van der Waals surface area contributed by atoms with E-state index in [2.05, 4.69) is 26.0 Å². The summed E-state index contributed by atoms with van der Waals surface area (Å²) in [5.41, 5.74) is 6.20. The fourth-order valence-electron chi connectivity index (χ4n) is 6.50. The first-order valence-electron chi connectivity index (χ1n) is 9.02. The van der Waals surface area contributed by atoms with E-state index in [1.807, 2.05) is 0 Å². The van der Waals surface area contributed by atoms with Gasteiger partial charge in [0.05, 0.1) is 6.10 Å². The molecule has 0 aromatic heterocycles. The van der Waals surface area contributed by atoms with Gasteiger partial charge in [-0.3, -0.25) is 4.79 Å². The van der Waals surface area contributed by atoms with E-state index in [0.29, 0.717) is 30.0 Å². The Labute approximate surface area is 133 Å². The number of rotatable bonds is 0. The van der Waals surface area contributed by atoms with Gasteiger partial charge in [0.1, 0.15) is 5.78 Å². The van der Waals surface area contributed by atoms with Crippen LogP contribution >= 0.6 is 0 Å². The highest BCUT2D eigenvalue weighted by molar-refractivity contribution is 5.83. The van der Waals surface area contributed by atoms with Crippen LogP contribution in [0.15, 0.2) is 12.2 Å². The minimum absolute atomic E-state index is 0.0329. The maximum absolute atomic E-state index is 13.0.